The first-order valence-electron chi connectivity index (χ1n) is 13.0. The van der Waals surface area contributed by atoms with Crippen LogP contribution in [0.15, 0.2) is 85.7 Å². The Morgan fingerprint density at radius 2 is 1.41 bits per heavy atom. The van der Waals surface area contributed by atoms with Crippen LogP contribution < -0.4 is 15.0 Å². The number of aromatic nitrogens is 5. The minimum absolute atomic E-state index is 0.220. The van der Waals surface area contributed by atoms with Crippen LogP contribution in [-0.4, -0.2) is 32.6 Å². The van der Waals surface area contributed by atoms with Crippen LogP contribution in [0.2, 0.25) is 0 Å². The standard InChI is InChI=1S/C30H32N7/c31-29-28-30(33-21-32-28)37(22-34-29)20-26-11-7-24(8-12-26)4-3-23-5-9-25(10-6-23)19-35-17-13-27(14-18-35)36-15-1-2-16-36/h5-14,17-18,21-22,31H,1-4,15-16,19-20H2,(H,32,33)/q+1. The van der Waals surface area contributed by atoms with E-state index in [2.05, 4.69) is 97.5 Å². The molecule has 1 saturated heterocycles. The summed E-state index contributed by atoms with van der Waals surface area (Å²) in [7, 11) is 0. The van der Waals surface area contributed by atoms with Crippen LogP contribution in [0.25, 0.3) is 11.2 Å². The first-order chi connectivity index (χ1) is 18.2. The number of nitrogens with zero attached hydrogens (tertiary/aromatic N) is 5. The SMILES string of the molecule is N=c1ncn(Cc2ccc(CCc3ccc(C[n+]4ccc(N5CCCC5)cc4)cc3)cc2)c2nc[nH]c12. The maximum absolute atomic E-state index is 7.90. The lowest BCUT2D eigenvalue weighted by atomic mass is 10.0. The Hall–Kier alpha value is -4.26. The van der Waals surface area contributed by atoms with Gasteiger partial charge in [0.2, 0.25) is 0 Å². The molecule has 4 heterocycles. The van der Waals surface area contributed by atoms with Gasteiger partial charge in [0.05, 0.1) is 19.2 Å². The van der Waals surface area contributed by atoms with Crippen molar-refractivity contribution >= 4 is 16.9 Å². The molecule has 7 nitrogen and oxygen atoms in total. The molecule has 0 bridgehead atoms. The third-order valence-electron chi connectivity index (χ3n) is 7.27. The van der Waals surface area contributed by atoms with E-state index in [1.807, 2.05) is 4.57 Å². The van der Waals surface area contributed by atoms with Crippen LogP contribution in [0.3, 0.4) is 0 Å². The lowest BCUT2D eigenvalue weighted by Crippen LogP contribution is -2.33. The van der Waals surface area contributed by atoms with Crippen LogP contribution >= 0.6 is 0 Å². The fraction of sp³-hybridized carbons (Fsp3) is 0.267. The summed E-state index contributed by atoms with van der Waals surface area (Å²) in [5.41, 5.74) is 8.18. The smallest absolute Gasteiger partial charge is 0.173 e. The third kappa shape index (κ3) is 5.31. The fourth-order valence-electron chi connectivity index (χ4n) is 5.10. The molecule has 1 aliphatic rings. The Balaban J connectivity index is 1.02. The molecule has 7 heteroatoms. The Morgan fingerprint density at radius 1 is 0.784 bits per heavy atom. The number of anilines is 1. The number of imidazole rings is 1. The fourth-order valence-corrected chi connectivity index (χ4v) is 5.10. The lowest BCUT2D eigenvalue weighted by molar-refractivity contribution is -0.688. The van der Waals surface area contributed by atoms with Gasteiger partial charge >= 0.3 is 0 Å². The molecule has 0 spiro atoms. The van der Waals surface area contributed by atoms with Gasteiger partial charge in [0.1, 0.15) is 5.52 Å². The third-order valence-corrected chi connectivity index (χ3v) is 7.27. The molecule has 0 atom stereocenters. The van der Waals surface area contributed by atoms with E-state index in [0.29, 0.717) is 12.1 Å². The summed E-state index contributed by atoms with van der Waals surface area (Å²) in [5.74, 6) is 0. The number of benzene rings is 2. The Labute approximate surface area is 216 Å². The maximum Gasteiger partial charge on any atom is 0.173 e. The molecule has 3 aromatic heterocycles. The molecular formula is C30H32N7+. The molecule has 0 amide bonds. The minimum Gasteiger partial charge on any atom is -0.371 e. The van der Waals surface area contributed by atoms with Crippen molar-refractivity contribution in [1.82, 2.24) is 19.5 Å². The van der Waals surface area contributed by atoms with Gasteiger partial charge in [-0.3, -0.25) is 5.41 Å². The zero-order valence-electron chi connectivity index (χ0n) is 21.0. The average Bonchev–Trinajstić information content (AvgIpc) is 3.65. The number of pyridine rings is 1. The number of aromatic amines is 1. The highest BCUT2D eigenvalue weighted by Crippen LogP contribution is 2.18. The number of nitrogens with one attached hydrogen (secondary N) is 2. The summed E-state index contributed by atoms with van der Waals surface area (Å²) in [6, 6.07) is 22.3. The van der Waals surface area contributed by atoms with Crippen molar-refractivity contribution in [2.75, 3.05) is 18.0 Å². The molecule has 37 heavy (non-hydrogen) atoms. The van der Waals surface area contributed by atoms with E-state index in [4.69, 9.17) is 5.41 Å². The summed E-state index contributed by atoms with van der Waals surface area (Å²) < 4.78 is 4.23. The molecule has 2 N–H and O–H groups in total. The second-order valence-electron chi connectivity index (χ2n) is 9.88. The number of fused-ring (bicyclic) bond motifs is 1. The molecule has 0 saturated carbocycles. The molecular weight excluding hydrogens is 458 g/mol. The summed E-state index contributed by atoms with van der Waals surface area (Å²) in [5, 5.41) is 7.90. The van der Waals surface area contributed by atoms with E-state index in [1.54, 1.807) is 12.7 Å². The van der Waals surface area contributed by atoms with Crippen molar-refractivity contribution in [2.45, 2.75) is 38.8 Å². The van der Waals surface area contributed by atoms with E-state index in [0.717, 1.165) is 25.0 Å². The quantitative estimate of drug-likeness (QED) is 0.323. The first kappa shape index (κ1) is 23.2. The molecule has 0 radical (unpaired) electrons. The lowest BCUT2D eigenvalue weighted by Gasteiger charge is -2.16. The highest BCUT2D eigenvalue weighted by Gasteiger charge is 2.13. The molecule has 6 rings (SSSR count). The predicted molar refractivity (Wildman–Crippen MR) is 144 cm³/mol. The molecule has 1 fully saturated rings. The molecule has 1 aliphatic heterocycles. The average molecular weight is 491 g/mol. The van der Waals surface area contributed by atoms with Gasteiger partial charge in [0.15, 0.2) is 30.1 Å². The summed E-state index contributed by atoms with van der Waals surface area (Å²) in [6.07, 6.45) is 12.3. The van der Waals surface area contributed by atoms with Gasteiger partial charge in [0, 0.05) is 36.5 Å². The largest absolute Gasteiger partial charge is 0.371 e. The maximum atomic E-state index is 7.90. The van der Waals surface area contributed by atoms with Crippen molar-refractivity contribution in [3.8, 4) is 0 Å². The van der Waals surface area contributed by atoms with Gasteiger partial charge < -0.3 is 14.5 Å². The van der Waals surface area contributed by atoms with Crippen molar-refractivity contribution in [3.63, 3.8) is 0 Å². The van der Waals surface area contributed by atoms with Crippen LogP contribution in [0.5, 0.6) is 0 Å². The van der Waals surface area contributed by atoms with Crippen LogP contribution in [-0.2, 0) is 25.9 Å². The van der Waals surface area contributed by atoms with Gasteiger partial charge in [-0.05, 0) is 42.4 Å². The van der Waals surface area contributed by atoms with Gasteiger partial charge in [-0.15, -0.1) is 0 Å². The predicted octanol–water partition coefficient (Wildman–Crippen LogP) is 4.01. The molecule has 2 aromatic carbocycles. The molecule has 0 unspecified atom stereocenters. The number of hydrogen-bond acceptors (Lipinski definition) is 4. The summed E-state index contributed by atoms with van der Waals surface area (Å²) >= 11 is 0. The van der Waals surface area contributed by atoms with E-state index in [9.17, 15) is 0 Å². The number of rotatable bonds is 8. The van der Waals surface area contributed by atoms with Gasteiger partial charge in [-0.25, -0.2) is 14.5 Å². The zero-order chi connectivity index (χ0) is 25.0. The topological polar surface area (TPSA) is 77.5 Å². The zero-order valence-corrected chi connectivity index (χ0v) is 21.0. The number of H-pyrrole nitrogens is 1. The van der Waals surface area contributed by atoms with Crippen molar-refractivity contribution in [1.29, 1.82) is 5.41 Å². The van der Waals surface area contributed by atoms with Crippen LogP contribution in [0.4, 0.5) is 5.69 Å². The second-order valence-corrected chi connectivity index (χ2v) is 9.88. The first-order valence-corrected chi connectivity index (χ1v) is 13.0. The van der Waals surface area contributed by atoms with E-state index in [1.165, 1.54) is 53.9 Å². The van der Waals surface area contributed by atoms with Crippen LogP contribution in [0, 0.1) is 5.41 Å². The summed E-state index contributed by atoms with van der Waals surface area (Å²) in [6.45, 7) is 3.94. The monoisotopic (exact) mass is 490 g/mol. The normalized spacial score (nSPS) is 13.5. The van der Waals surface area contributed by atoms with Gasteiger partial charge in [-0.2, -0.15) is 0 Å². The number of hydrogen-bond donors (Lipinski definition) is 2. The molecule has 5 aromatic rings. The molecule has 186 valence electrons. The summed E-state index contributed by atoms with van der Waals surface area (Å²) in [4.78, 5) is 14.0. The van der Waals surface area contributed by atoms with E-state index >= 15 is 0 Å². The second kappa shape index (κ2) is 10.4. The Morgan fingerprint density at radius 3 is 2.08 bits per heavy atom. The van der Waals surface area contributed by atoms with Crippen molar-refractivity contribution < 1.29 is 4.57 Å². The minimum atomic E-state index is 0.220. The van der Waals surface area contributed by atoms with Crippen LogP contribution in [0.1, 0.15) is 35.1 Å². The van der Waals surface area contributed by atoms with Crippen molar-refractivity contribution in [2.24, 2.45) is 0 Å². The Bertz CT molecular complexity index is 1520. The number of aryl methyl sites for hydroxylation is 2. The Kier molecular flexibility index (Phi) is 6.50. The van der Waals surface area contributed by atoms with Crippen molar-refractivity contribution in [3.05, 3.63) is 113 Å². The van der Waals surface area contributed by atoms with E-state index in [-0.39, 0.29) is 5.49 Å². The van der Waals surface area contributed by atoms with Gasteiger partial charge in [-0.1, -0.05) is 48.5 Å². The highest BCUT2D eigenvalue weighted by molar-refractivity contribution is 5.68. The molecule has 0 aliphatic carbocycles. The van der Waals surface area contributed by atoms with E-state index < -0.39 is 0 Å². The van der Waals surface area contributed by atoms with Gasteiger partial charge in [0.25, 0.3) is 0 Å². The highest BCUT2D eigenvalue weighted by atomic mass is 15.1.